The number of halogens is 1. The number of likely N-dealkylation sites (N-methyl/N-ethyl adjacent to an activating group) is 1. The van der Waals surface area contributed by atoms with Gasteiger partial charge >= 0.3 is 6.03 Å². The maximum Gasteiger partial charge on any atom is 0.332 e. The Hall–Kier alpha value is -1.63. The average Bonchev–Trinajstić information content (AvgIpc) is 2.91. The number of hydrogen-bond acceptors (Lipinski definition) is 4. The molecule has 1 spiro atoms. The number of carbonyl (C=O) groups is 2. The Balaban J connectivity index is 1.49. The van der Waals surface area contributed by atoms with E-state index in [4.69, 9.17) is 16.3 Å². The summed E-state index contributed by atoms with van der Waals surface area (Å²) < 4.78 is 5.46. The standard InChI is InChI=1S/C21H28ClN3O3/c1-2-24-20(27)25(18-5-3-17(22)4-6-18)19(26)21(24)9-11-23(12-10-21)15-16-7-13-28-14-8-16/h3-6,16H,2,7-15H2,1H3. The van der Waals surface area contributed by atoms with Crippen molar-refractivity contribution < 1.29 is 14.3 Å². The van der Waals surface area contributed by atoms with Crippen molar-refractivity contribution in [3.05, 3.63) is 29.3 Å². The molecule has 3 aliphatic rings. The minimum Gasteiger partial charge on any atom is -0.381 e. The van der Waals surface area contributed by atoms with Gasteiger partial charge in [-0.15, -0.1) is 0 Å². The van der Waals surface area contributed by atoms with E-state index >= 15 is 0 Å². The molecule has 152 valence electrons. The van der Waals surface area contributed by atoms with Crippen LogP contribution in [0.2, 0.25) is 5.02 Å². The van der Waals surface area contributed by atoms with Crippen molar-refractivity contribution >= 4 is 29.2 Å². The first-order chi connectivity index (χ1) is 13.5. The third kappa shape index (κ3) is 3.42. The topological polar surface area (TPSA) is 53.1 Å². The van der Waals surface area contributed by atoms with Crippen LogP contribution >= 0.6 is 11.6 Å². The van der Waals surface area contributed by atoms with Gasteiger partial charge in [0.25, 0.3) is 5.91 Å². The minimum absolute atomic E-state index is 0.0904. The van der Waals surface area contributed by atoms with Gasteiger partial charge in [0.15, 0.2) is 0 Å². The molecule has 0 atom stereocenters. The highest BCUT2D eigenvalue weighted by Gasteiger charge is 2.57. The van der Waals surface area contributed by atoms with Gasteiger partial charge < -0.3 is 14.5 Å². The van der Waals surface area contributed by atoms with E-state index in [1.54, 1.807) is 29.2 Å². The van der Waals surface area contributed by atoms with Crippen LogP contribution in [0.25, 0.3) is 0 Å². The van der Waals surface area contributed by atoms with Gasteiger partial charge in [0.2, 0.25) is 0 Å². The van der Waals surface area contributed by atoms with E-state index in [9.17, 15) is 9.59 Å². The quantitative estimate of drug-likeness (QED) is 0.720. The molecule has 4 rings (SSSR count). The van der Waals surface area contributed by atoms with Crippen LogP contribution in [0.4, 0.5) is 10.5 Å². The van der Waals surface area contributed by atoms with Crippen LogP contribution in [-0.2, 0) is 9.53 Å². The van der Waals surface area contributed by atoms with Crippen LogP contribution in [0.5, 0.6) is 0 Å². The summed E-state index contributed by atoms with van der Waals surface area (Å²) in [5.41, 5.74) is -0.114. The predicted molar refractivity (Wildman–Crippen MR) is 109 cm³/mol. The Morgan fingerprint density at radius 3 is 2.36 bits per heavy atom. The van der Waals surface area contributed by atoms with Gasteiger partial charge in [0, 0.05) is 44.4 Å². The zero-order valence-corrected chi connectivity index (χ0v) is 17.2. The summed E-state index contributed by atoms with van der Waals surface area (Å²) in [6, 6.07) is 6.70. The number of benzene rings is 1. The molecule has 1 aromatic rings. The summed E-state index contributed by atoms with van der Waals surface area (Å²) in [4.78, 5) is 32.1. The molecule has 28 heavy (non-hydrogen) atoms. The number of nitrogens with zero attached hydrogens (tertiary/aromatic N) is 3. The molecular weight excluding hydrogens is 378 g/mol. The smallest absolute Gasteiger partial charge is 0.332 e. The summed E-state index contributed by atoms with van der Waals surface area (Å²) in [7, 11) is 0. The molecule has 0 radical (unpaired) electrons. The number of hydrogen-bond donors (Lipinski definition) is 0. The maximum absolute atomic E-state index is 13.4. The summed E-state index contributed by atoms with van der Waals surface area (Å²) in [6.45, 7) is 6.96. The van der Waals surface area contributed by atoms with Crippen LogP contribution in [0.15, 0.2) is 24.3 Å². The van der Waals surface area contributed by atoms with Crippen molar-refractivity contribution in [2.45, 2.75) is 38.1 Å². The van der Waals surface area contributed by atoms with E-state index in [1.807, 2.05) is 6.92 Å². The van der Waals surface area contributed by atoms with Crippen LogP contribution in [0.3, 0.4) is 0 Å². The monoisotopic (exact) mass is 405 g/mol. The first-order valence-corrected chi connectivity index (χ1v) is 10.6. The Morgan fingerprint density at radius 1 is 1.11 bits per heavy atom. The van der Waals surface area contributed by atoms with Crippen molar-refractivity contribution in [3.63, 3.8) is 0 Å². The predicted octanol–water partition coefficient (Wildman–Crippen LogP) is 3.39. The number of likely N-dealkylation sites (tertiary alicyclic amines) is 1. The molecule has 0 aromatic heterocycles. The number of ether oxygens (including phenoxy) is 1. The van der Waals surface area contributed by atoms with Gasteiger partial charge in [-0.05, 0) is 62.8 Å². The number of imide groups is 1. The number of piperidine rings is 1. The molecule has 3 amide bonds. The highest BCUT2D eigenvalue weighted by atomic mass is 35.5. The lowest BCUT2D eigenvalue weighted by Crippen LogP contribution is -2.57. The zero-order valence-electron chi connectivity index (χ0n) is 16.4. The molecule has 3 fully saturated rings. The fourth-order valence-electron chi connectivity index (χ4n) is 4.85. The molecular formula is C21H28ClN3O3. The molecule has 0 bridgehead atoms. The lowest BCUT2D eigenvalue weighted by Gasteiger charge is -2.43. The van der Waals surface area contributed by atoms with E-state index in [0.717, 1.165) is 45.7 Å². The van der Waals surface area contributed by atoms with Gasteiger partial charge in [-0.25, -0.2) is 9.69 Å². The number of urea groups is 1. The van der Waals surface area contributed by atoms with Gasteiger partial charge in [-0.3, -0.25) is 4.79 Å². The fourth-order valence-corrected chi connectivity index (χ4v) is 4.98. The average molecular weight is 406 g/mol. The van der Waals surface area contributed by atoms with Gasteiger partial charge in [0.05, 0.1) is 5.69 Å². The second-order valence-corrected chi connectivity index (χ2v) is 8.47. The van der Waals surface area contributed by atoms with E-state index in [-0.39, 0.29) is 11.9 Å². The number of rotatable bonds is 4. The van der Waals surface area contributed by atoms with Gasteiger partial charge in [0.1, 0.15) is 5.54 Å². The highest BCUT2D eigenvalue weighted by Crippen LogP contribution is 2.39. The van der Waals surface area contributed by atoms with Crippen LogP contribution in [-0.4, -0.2) is 66.7 Å². The first kappa shape index (κ1) is 19.7. The molecule has 3 saturated heterocycles. The Labute approximate surface area is 171 Å². The Bertz CT molecular complexity index is 725. The van der Waals surface area contributed by atoms with Crippen LogP contribution in [0.1, 0.15) is 32.6 Å². The lowest BCUT2D eigenvalue weighted by molar-refractivity contribution is -0.127. The fraction of sp³-hybridized carbons (Fsp3) is 0.619. The van der Waals surface area contributed by atoms with Gasteiger partial charge in [-0.2, -0.15) is 0 Å². The molecule has 0 saturated carbocycles. The van der Waals surface area contributed by atoms with E-state index in [0.29, 0.717) is 36.0 Å². The van der Waals surface area contributed by atoms with Crippen molar-refractivity contribution in [1.82, 2.24) is 9.80 Å². The number of carbonyl (C=O) groups excluding carboxylic acids is 2. The summed E-state index contributed by atoms with van der Waals surface area (Å²) in [5.74, 6) is 0.587. The third-order valence-corrected chi connectivity index (χ3v) is 6.73. The normalized spacial score (nSPS) is 23.8. The molecule has 1 aromatic carbocycles. The van der Waals surface area contributed by atoms with E-state index < -0.39 is 5.54 Å². The zero-order chi connectivity index (χ0) is 19.7. The van der Waals surface area contributed by atoms with Crippen LogP contribution < -0.4 is 4.90 Å². The molecule has 0 aliphatic carbocycles. The van der Waals surface area contributed by atoms with Crippen LogP contribution in [0, 0.1) is 5.92 Å². The highest BCUT2D eigenvalue weighted by molar-refractivity contribution is 6.31. The Kier molecular flexibility index (Phi) is 5.63. The van der Waals surface area contributed by atoms with E-state index in [1.165, 1.54) is 4.90 Å². The van der Waals surface area contributed by atoms with Crippen molar-refractivity contribution in [1.29, 1.82) is 0 Å². The molecule has 7 heteroatoms. The second-order valence-electron chi connectivity index (χ2n) is 8.03. The SMILES string of the molecule is CCN1C(=O)N(c2ccc(Cl)cc2)C(=O)C12CCN(CC1CCOCC1)CC2. The first-order valence-electron chi connectivity index (χ1n) is 10.3. The van der Waals surface area contributed by atoms with Crippen molar-refractivity contribution in [2.75, 3.05) is 44.3 Å². The molecule has 3 aliphatic heterocycles. The maximum atomic E-state index is 13.4. The second kappa shape index (κ2) is 8.01. The summed E-state index contributed by atoms with van der Waals surface area (Å²) in [6.07, 6.45) is 3.62. The summed E-state index contributed by atoms with van der Waals surface area (Å²) in [5, 5.41) is 0.589. The lowest BCUT2D eigenvalue weighted by atomic mass is 9.85. The molecule has 3 heterocycles. The number of amides is 3. The molecule has 6 nitrogen and oxygen atoms in total. The Morgan fingerprint density at radius 2 is 1.75 bits per heavy atom. The third-order valence-electron chi connectivity index (χ3n) is 6.48. The summed E-state index contributed by atoms with van der Waals surface area (Å²) >= 11 is 5.97. The van der Waals surface area contributed by atoms with Gasteiger partial charge in [-0.1, -0.05) is 11.6 Å². The largest absolute Gasteiger partial charge is 0.381 e. The number of anilines is 1. The minimum atomic E-state index is -0.711. The molecule has 0 N–H and O–H groups in total. The van der Waals surface area contributed by atoms with E-state index in [2.05, 4.69) is 4.90 Å². The van der Waals surface area contributed by atoms with Crippen molar-refractivity contribution in [2.24, 2.45) is 5.92 Å². The van der Waals surface area contributed by atoms with Crippen molar-refractivity contribution in [3.8, 4) is 0 Å². The molecule has 0 unspecified atom stereocenters.